The minimum Gasteiger partial charge on any atom is -0.460 e. The normalized spacial score (nSPS) is 43.8. The standard InChI is InChI=1S/C15H24O2/c1-9(16)17-15(2,3)14-12-5-10-4-11(7-12)8-13(14)6-10/h10-14H,4-8H2,1-3H3. The van der Waals surface area contributed by atoms with Gasteiger partial charge in [0.05, 0.1) is 0 Å². The van der Waals surface area contributed by atoms with Crippen molar-refractivity contribution in [2.75, 3.05) is 0 Å². The summed E-state index contributed by atoms with van der Waals surface area (Å²) in [6.07, 6.45) is 7.04. The van der Waals surface area contributed by atoms with Gasteiger partial charge < -0.3 is 4.74 Å². The highest BCUT2D eigenvalue weighted by atomic mass is 16.6. The fraction of sp³-hybridized carbons (Fsp3) is 0.933. The molecule has 0 aromatic heterocycles. The summed E-state index contributed by atoms with van der Waals surface area (Å²) in [5.41, 5.74) is -0.256. The van der Waals surface area contributed by atoms with Gasteiger partial charge in [-0.1, -0.05) is 0 Å². The number of hydrogen-bond donors (Lipinski definition) is 0. The number of carbonyl (C=O) groups is 1. The molecule has 0 N–H and O–H groups in total. The van der Waals surface area contributed by atoms with E-state index in [-0.39, 0.29) is 11.6 Å². The van der Waals surface area contributed by atoms with E-state index in [0.29, 0.717) is 5.92 Å². The maximum Gasteiger partial charge on any atom is 0.303 e. The summed E-state index contributed by atoms with van der Waals surface area (Å²) in [4.78, 5) is 11.3. The third-order valence-electron chi connectivity index (χ3n) is 5.44. The monoisotopic (exact) mass is 236 g/mol. The SMILES string of the molecule is CC(=O)OC(C)(C)C1C2CC3CC(C2)CC1C3. The zero-order valence-corrected chi connectivity index (χ0v) is 11.2. The molecular formula is C15H24O2. The fourth-order valence-electron chi connectivity index (χ4n) is 5.50. The molecule has 2 nitrogen and oxygen atoms in total. The van der Waals surface area contributed by atoms with E-state index in [2.05, 4.69) is 13.8 Å². The van der Waals surface area contributed by atoms with Crippen LogP contribution in [0.5, 0.6) is 0 Å². The quantitative estimate of drug-likeness (QED) is 0.687. The van der Waals surface area contributed by atoms with Gasteiger partial charge in [0.25, 0.3) is 0 Å². The third kappa shape index (κ3) is 1.90. The molecule has 0 spiro atoms. The highest BCUT2D eigenvalue weighted by molar-refractivity contribution is 5.66. The number of rotatable bonds is 2. The lowest BCUT2D eigenvalue weighted by Crippen LogP contribution is -2.54. The Bertz CT molecular complexity index is 304. The summed E-state index contributed by atoms with van der Waals surface area (Å²) in [6, 6.07) is 0. The molecule has 0 aliphatic heterocycles. The molecule has 2 heteroatoms. The summed E-state index contributed by atoms with van der Waals surface area (Å²) in [5, 5.41) is 0. The minimum atomic E-state index is -0.256. The van der Waals surface area contributed by atoms with Crippen LogP contribution in [-0.4, -0.2) is 11.6 Å². The van der Waals surface area contributed by atoms with Crippen LogP contribution in [0.25, 0.3) is 0 Å². The van der Waals surface area contributed by atoms with Crippen LogP contribution in [0.15, 0.2) is 0 Å². The van der Waals surface area contributed by atoms with Crippen LogP contribution in [0, 0.1) is 29.6 Å². The fourth-order valence-corrected chi connectivity index (χ4v) is 5.50. The number of ether oxygens (including phenoxy) is 1. The summed E-state index contributed by atoms with van der Waals surface area (Å²) in [7, 11) is 0. The zero-order valence-electron chi connectivity index (χ0n) is 11.2. The smallest absolute Gasteiger partial charge is 0.303 e. The van der Waals surface area contributed by atoms with Crippen LogP contribution in [0.4, 0.5) is 0 Å². The molecule has 0 heterocycles. The summed E-state index contributed by atoms with van der Waals surface area (Å²) >= 11 is 0. The molecule has 4 bridgehead atoms. The Hall–Kier alpha value is -0.530. The lowest BCUT2D eigenvalue weighted by molar-refractivity contribution is -0.178. The Labute approximate surface area is 104 Å². The van der Waals surface area contributed by atoms with Gasteiger partial charge in [0.2, 0.25) is 0 Å². The predicted molar refractivity (Wildman–Crippen MR) is 66.4 cm³/mol. The first-order chi connectivity index (χ1) is 7.95. The third-order valence-corrected chi connectivity index (χ3v) is 5.44. The molecule has 0 saturated heterocycles. The van der Waals surface area contributed by atoms with Crippen LogP contribution < -0.4 is 0 Å². The van der Waals surface area contributed by atoms with Crippen LogP contribution in [0.3, 0.4) is 0 Å². The molecule has 96 valence electrons. The average Bonchev–Trinajstić information content (AvgIpc) is 2.11. The Balaban J connectivity index is 1.81. The van der Waals surface area contributed by atoms with Gasteiger partial charge >= 0.3 is 5.97 Å². The lowest BCUT2D eigenvalue weighted by Gasteiger charge is -2.58. The molecule has 0 atom stereocenters. The van der Waals surface area contributed by atoms with Crippen molar-refractivity contribution in [3.05, 3.63) is 0 Å². The summed E-state index contributed by atoms with van der Waals surface area (Å²) < 4.78 is 5.62. The van der Waals surface area contributed by atoms with Crippen LogP contribution in [0.2, 0.25) is 0 Å². The molecule has 0 radical (unpaired) electrons. The lowest BCUT2D eigenvalue weighted by atomic mass is 9.49. The first-order valence-electron chi connectivity index (χ1n) is 7.15. The van der Waals surface area contributed by atoms with E-state index in [1.807, 2.05) is 0 Å². The van der Waals surface area contributed by atoms with Gasteiger partial charge in [-0.15, -0.1) is 0 Å². The average molecular weight is 236 g/mol. The van der Waals surface area contributed by atoms with Gasteiger partial charge in [-0.25, -0.2) is 0 Å². The largest absolute Gasteiger partial charge is 0.460 e. The van der Waals surface area contributed by atoms with Gasteiger partial charge in [-0.2, -0.15) is 0 Å². The number of hydrogen-bond acceptors (Lipinski definition) is 2. The van der Waals surface area contributed by atoms with Crippen molar-refractivity contribution >= 4 is 5.97 Å². The van der Waals surface area contributed by atoms with E-state index < -0.39 is 0 Å². The second kappa shape index (κ2) is 3.73. The molecule has 4 rings (SSSR count). The Morgan fingerprint density at radius 3 is 1.88 bits per heavy atom. The highest BCUT2D eigenvalue weighted by Crippen LogP contribution is 2.59. The van der Waals surface area contributed by atoms with E-state index >= 15 is 0 Å². The Morgan fingerprint density at radius 2 is 1.47 bits per heavy atom. The molecule has 0 amide bonds. The Kier molecular flexibility index (Phi) is 2.53. The molecule has 4 aliphatic carbocycles. The van der Waals surface area contributed by atoms with Crippen molar-refractivity contribution in [2.24, 2.45) is 29.6 Å². The molecular weight excluding hydrogens is 212 g/mol. The van der Waals surface area contributed by atoms with Gasteiger partial charge in [-0.3, -0.25) is 4.79 Å². The van der Waals surface area contributed by atoms with E-state index in [4.69, 9.17) is 4.74 Å². The highest BCUT2D eigenvalue weighted by Gasteiger charge is 2.53. The molecule has 4 saturated carbocycles. The van der Waals surface area contributed by atoms with Gasteiger partial charge in [0.15, 0.2) is 0 Å². The van der Waals surface area contributed by atoms with Crippen molar-refractivity contribution in [3.8, 4) is 0 Å². The second-order valence-electron chi connectivity index (χ2n) is 7.15. The number of esters is 1. The molecule has 4 aliphatic rings. The van der Waals surface area contributed by atoms with Gasteiger partial charge in [0, 0.05) is 12.8 Å². The minimum absolute atomic E-state index is 0.121. The van der Waals surface area contributed by atoms with Crippen LogP contribution >= 0.6 is 0 Å². The van der Waals surface area contributed by atoms with Crippen molar-refractivity contribution in [1.29, 1.82) is 0 Å². The molecule has 17 heavy (non-hydrogen) atoms. The van der Waals surface area contributed by atoms with Crippen molar-refractivity contribution < 1.29 is 9.53 Å². The van der Waals surface area contributed by atoms with Crippen LogP contribution in [0.1, 0.15) is 52.9 Å². The maximum absolute atomic E-state index is 11.3. The van der Waals surface area contributed by atoms with E-state index in [0.717, 1.165) is 23.7 Å². The van der Waals surface area contributed by atoms with Crippen molar-refractivity contribution in [2.45, 2.75) is 58.5 Å². The molecule has 0 aromatic carbocycles. The van der Waals surface area contributed by atoms with Crippen LogP contribution in [-0.2, 0) is 9.53 Å². The zero-order chi connectivity index (χ0) is 12.2. The van der Waals surface area contributed by atoms with Gasteiger partial charge in [-0.05, 0) is 69.6 Å². The summed E-state index contributed by atoms with van der Waals surface area (Å²) in [5.74, 6) is 4.10. The first kappa shape index (κ1) is 11.6. The summed E-state index contributed by atoms with van der Waals surface area (Å²) in [6.45, 7) is 5.79. The number of carbonyl (C=O) groups excluding carboxylic acids is 1. The maximum atomic E-state index is 11.3. The van der Waals surface area contributed by atoms with E-state index in [9.17, 15) is 4.79 Å². The van der Waals surface area contributed by atoms with Gasteiger partial charge in [0.1, 0.15) is 5.60 Å². The first-order valence-corrected chi connectivity index (χ1v) is 7.15. The van der Waals surface area contributed by atoms with Crippen molar-refractivity contribution in [1.82, 2.24) is 0 Å². The molecule has 0 aromatic rings. The van der Waals surface area contributed by atoms with E-state index in [1.54, 1.807) is 0 Å². The second-order valence-corrected chi connectivity index (χ2v) is 7.15. The predicted octanol–water partition coefficient (Wildman–Crippen LogP) is 3.40. The molecule has 4 fully saturated rings. The molecule has 0 unspecified atom stereocenters. The topological polar surface area (TPSA) is 26.3 Å². The van der Waals surface area contributed by atoms with Crippen molar-refractivity contribution in [3.63, 3.8) is 0 Å². The Morgan fingerprint density at radius 1 is 1.00 bits per heavy atom. The van der Waals surface area contributed by atoms with E-state index in [1.165, 1.54) is 39.0 Å².